The predicted octanol–water partition coefficient (Wildman–Crippen LogP) is 3.09. The van der Waals surface area contributed by atoms with E-state index >= 15 is 0 Å². The molecule has 1 atom stereocenters. The topological polar surface area (TPSA) is 84.0 Å². The quantitative estimate of drug-likeness (QED) is 0.618. The zero-order valence-corrected chi connectivity index (χ0v) is 17.2. The number of rotatable bonds is 9. The summed E-state index contributed by atoms with van der Waals surface area (Å²) >= 11 is 4.25. The zero-order chi connectivity index (χ0) is 18.1. The Balaban J connectivity index is 1.73. The second-order valence-corrected chi connectivity index (χ2v) is 9.86. The number of aromatic nitrogens is 2. The van der Waals surface area contributed by atoms with Gasteiger partial charge in [-0.1, -0.05) is 61.0 Å². The first-order valence-electron chi connectivity index (χ1n) is 8.78. The molecule has 6 nitrogen and oxygen atoms in total. The Bertz CT molecular complexity index is 561. The van der Waals surface area contributed by atoms with Crippen LogP contribution in [-0.4, -0.2) is 45.6 Å². The van der Waals surface area contributed by atoms with Gasteiger partial charge in [0.25, 0.3) is 0 Å². The van der Waals surface area contributed by atoms with Crippen molar-refractivity contribution >= 4 is 46.7 Å². The maximum absolute atomic E-state index is 12.3. The molecule has 1 aromatic heterocycles. The van der Waals surface area contributed by atoms with Crippen molar-refractivity contribution in [3.05, 3.63) is 0 Å². The molecule has 0 radical (unpaired) electrons. The normalized spacial score (nSPS) is 16.4. The summed E-state index contributed by atoms with van der Waals surface area (Å²) in [7, 11) is 0. The number of thioether (sulfide) groups is 2. The number of carbonyl (C=O) groups excluding carboxylic acids is 2. The van der Waals surface area contributed by atoms with E-state index in [1.165, 1.54) is 54.1 Å². The minimum Gasteiger partial charge on any atom is -0.355 e. The first-order chi connectivity index (χ1) is 12.1. The van der Waals surface area contributed by atoms with E-state index in [0.29, 0.717) is 18.3 Å². The Morgan fingerprint density at radius 2 is 1.96 bits per heavy atom. The highest BCUT2D eigenvalue weighted by atomic mass is 32.2. The summed E-state index contributed by atoms with van der Waals surface area (Å²) in [6, 6.07) is 0.325. The van der Waals surface area contributed by atoms with Crippen LogP contribution in [0, 0.1) is 0 Å². The van der Waals surface area contributed by atoms with Crippen LogP contribution in [0.2, 0.25) is 0 Å². The molecule has 1 fully saturated rings. The van der Waals surface area contributed by atoms with E-state index in [4.69, 9.17) is 0 Å². The third-order valence-electron chi connectivity index (χ3n) is 3.89. The summed E-state index contributed by atoms with van der Waals surface area (Å²) in [5, 5.41) is 14.0. The van der Waals surface area contributed by atoms with Crippen molar-refractivity contribution in [1.82, 2.24) is 20.8 Å². The Morgan fingerprint density at radius 3 is 2.68 bits per heavy atom. The Labute approximate surface area is 161 Å². The summed E-state index contributed by atoms with van der Waals surface area (Å²) in [5.74, 6) is 0.425. The van der Waals surface area contributed by atoms with Gasteiger partial charge in [-0.3, -0.25) is 9.59 Å². The van der Waals surface area contributed by atoms with Crippen LogP contribution < -0.4 is 10.6 Å². The molecule has 0 aliphatic heterocycles. The molecule has 0 aromatic carbocycles. The van der Waals surface area contributed by atoms with Crippen LogP contribution in [0.1, 0.15) is 52.4 Å². The highest BCUT2D eigenvalue weighted by Gasteiger charge is 2.21. The standard InChI is InChI=1S/C16H26N4O2S3/c1-3-9-17-13(21)10-23-15-19-20-16(25-15)24-11(2)14(22)18-12-7-5-4-6-8-12/h11-12H,3-10H2,1-2H3,(H,17,21)(H,18,22)/t11-/m0/s1. The molecule has 0 spiro atoms. The Kier molecular flexibility index (Phi) is 9.05. The highest BCUT2D eigenvalue weighted by Crippen LogP contribution is 2.31. The van der Waals surface area contributed by atoms with Crippen LogP contribution in [0.4, 0.5) is 0 Å². The molecular formula is C16H26N4O2S3. The summed E-state index contributed by atoms with van der Waals surface area (Å²) in [4.78, 5) is 23.9. The number of hydrogen-bond donors (Lipinski definition) is 2. The number of amides is 2. The fourth-order valence-corrected chi connectivity index (χ4v) is 5.52. The Hall–Kier alpha value is -0.800. The molecule has 2 N–H and O–H groups in total. The fourth-order valence-electron chi connectivity index (χ4n) is 2.52. The molecule has 0 saturated heterocycles. The van der Waals surface area contributed by atoms with Gasteiger partial charge in [0, 0.05) is 12.6 Å². The number of carbonyl (C=O) groups is 2. The van der Waals surface area contributed by atoms with E-state index in [2.05, 4.69) is 20.8 Å². The van der Waals surface area contributed by atoms with E-state index in [-0.39, 0.29) is 17.1 Å². The van der Waals surface area contributed by atoms with Gasteiger partial charge >= 0.3 is 0 Å². The molecule has 1 aliphatic rings. The number of nitrogens with one attached hydrogen (secondary N) is 2. The van der Waals surface area contributed by atoms with Gasteiger partial charge < -0.3 is 10.6 Å². The summed E-state index contributed by atoms with van der Waals surface area (Å²) in [5.41, 5.74) is 0. The average Bonchev–Trinajstić information content (AvgIpc) is 3.06. The lowest BCUT2D eigenvalue weighted by molar-refractivity contribution is -0.121. The van der Waals surface area contributed by atoms with Gasteiger partial charge in [0.2, 0.25) is 11.8 Å². The van der Waals surface area contributed by atoms with Crippen LogP contribution in [-0.2, 0) is 9.59 Å². The molecule has 2 amide bonds. The van der Waals surface area contributed by atoms with Crippen molar-refractivity contribution in [2.75, 3.05) is 12.3 Å². The van der Waals surface area contributed by atoms with Gasteiger partial charge in [0.15, 0.2) is 8.68 Å². The third kappa shape index (κ3) is 7.53. The first-order valence-corrected chi connectivity index (χ1v) is 11.5. The van der Waals surface area contributed by atoms with Crippen molar-refractivity contribution in [2.45, 2.75) is 72.3 Å². The first kappa shape index (κ1) is 20.5. The van der Waals surface area contributed by atoms with Crippen LogP contribution in [0.25, 0.3) is 0 Å². The third-order valence-corrected chi connectivity index (χ3v) is 7.13. The molecule has 1 heterocycles. The van der Waals surface area contributed by atoms with Crippen LogP contribution >= 0.6 is 34.9 Å². The van der Waals surface area contributed by atoms with Crippen molar-refractivity contribution in [1.29, 1.82) is 0 Å². The van der Waals surface area contributed by atoms with E-state index in [1.54, 1.807) is 0 Å². The van der Waals surface area contributed by atoms with Gasteiger partial charge in [-0.25, -0.2) is 0 Å². The average molecular weight is 403 g/mol. The SMILES string of the molecule is CCCNC(=O)CSc1nnc(S[C@@H](C)C(=O)NC2CCCCC2)s1. The lowest BCUT2D eigenvalue weighted by atomic mass is 9.95. The molecule has 2 rings (SSSR count). The molecule has 0 bridgehead atoms. The molecule has 1 aromatic rings. The zero-order valence-electron chi connectivity index (χ0n) is 14.7. The maximum Gasteiger partial charge on any atom is 0.233 e. The van der Waals surface area contributed by atoms with Crippen LogP contribution in [0.5, 0.6) is 0 Å². The van der Waals surface area contributed by atoms with Crippen LogP contribution in [0.15, 0.2) is 8.68 Å². The number of hydrogen-bond acceptors (Lipinski definition) is 7. The van der Waals surface area contributed by atoms with Crippen LogP contribution in [0.3, 0.4) is 0 Å². The second-order valence-electron chi connectivity index (χ2n) is 6.08. The van der Waals surface area contributed by atoms with Crippen molar-refractivity contribution in [3.63, 3.8) is 0 Å². The van der Waals surface area contributed by atoms with Gasteiger partial charge in [0.1, 0.15) is 0 Å². The lowest BCUT2D eigenvalue weighted by Crippen LogP contribution is -2.40. The van der Waals surface area contributed by atoms with Crippen molar-refractivity contribution < 1.29 is 9.59 Å². The van der Waals surface area contributed by atoms with E-state index in [9.17, 15) is 9.59 Å². The molecule has 25 heavy (non-hydrogen) atoms. The summed E-state index contributed by atoms with van der Waals surface area (Å²) in [6.07, 6.45) is 6.78. The van der Waals surface area contributed by atoms with E-state index in [0.717, 1.165) is 27.9 Å². The predicted molar refractivity (Wildman–Crippen MR) is 104 cm³/mol. The molecule has 1 aliphatic carbocycles. The second kappa shape index (κ2) is 11.0. The highest BCUT2D eigenvalue weighted by molar-refractivity contribution is 8.04. The smallest absolute Gasteiger partial charge is 0.233 e. The summed E-state index contributed by atoms with van der Waals surface area (Å²) < 4.78 is 1.52. The molecule has 0 unspecified atom stereocenters. The monoisotopic (exact) mass is 402 g/mol. The lowest BCUT2D eigenvalue weighted by Gasteiger charge is -2.24. The number of nitrogens with zero attached hydrogens (tertiary/aromatic N) is 2. The van der Waals surface area contributed by atoms with E-state index in [1.807, 2.05) is 13.8 Å². The van der Waals surface area contributed by atoms with Gasteiger partial charge in [0.05, 0.1) is 11.0 Å². The largest absolute Gasteiger partial charge is 0.355 e. The van der Waals surface area contributed by atoms with Crippen molar-refractivity contribution in [2.24, 2.45) is 0 Å². The molecule has 1 saturated carbocycles. The maximum atomic E-state index is 12.3. The van der Waals surface area contributed by atoms with E-state index < -0.39 is 0 Å². The summed E-state index contributed by atoms with van der Waals surface area (Å²) in [6.45, 7) is 4.62. The van der Waals surface area contributed by atoms with Gasteiger partial charge in [-0.15, -0.1) is 10.2 Å². The Morgan fingerprint density at radius 1 is 1.24 bits per heavy atom. The van der Waals surface area contributed by atoms with Gasteiger partial charge in [-0.05, 0) is 26.2 Å². The molecule has 9 heteroatoms. The molecule has 140 valence electrons. The van der Waals surface area contributed by atoms with Crippen molar-refractivity contribution in [3.8, 4) is 0 Å². The minimum absolute atomic E-state index is 0.0106. The molecular weight excluding hydrogens is 376 g/mol. The fraction of sp³-hybridized carbons (Fsp3) is 0.750. The van der Waals surface area contributed by atoms with Gasteiger partial charge in [-0.2, -0.15) is 0 Å². The minimum atomic E-state index is -0.194.